The summed E-state index contributed by atoms with van der Waals surface area (Å²) in [4.78, 5) is 14.9. The molecule has 0 saturated heterocycles. The van der Waals surface area contributed by atoms with Gasteiger partial charge in [0, 0.05) is 12.6 Å². The second-order valence-electron chi connectivity index (χ2n) is 8.52. The summed E-state index contributed by atoms with van der Waals surface area (Å²) in [6.07, 6.45) is -1.52. The van der Waals surface area contributed by atoms with Crippen molar-refractivity contribution in [1.82, 2.24) is 4.98 Å². The van der Waals surface area contributed by atoms with E-state index in [0.29, 0.717) is 5.56 Å². The van der Waals surface area contributed by atoms with Crippen LogP contribution in [-0.2, 0) is 21.0 Å². The minimum absolute atomic E-state index is 0.0570. The Morgan fingerprint density at radius 1 is 1.16 bits per heavy atom. The van der Waals surface area contributed by atoms with E-state index >= 15 is 0 Å². The van der Waals surface area contributed by atoms with Crippen LogP contribution >= 0.6 is 0 Å². The highest BCUT2D eigenvalue weighted by molar-refractivity contribution is 7.92. The summed E-state index contributed by atoms with van der Waals surface area (Å²) >= 11 is 0. The van der Waals surface area contributed by atoms with E-state index in [1.54, 1.807) is 25.1 Å². The highest BCUT2D eigenvalue weighted by Gasteiger charge is 2.35. The lowest BCUT2D eigenvalue weighted by Gasteiger charge is -2.35. The number of benzene rings is 2. The van der Waals surface area contributed by atoms with Crippen LogP contribution in [0.1, 0.15) is 35.2 Å². The van der Waals surface area contributed by atoms with E-state index in [9.17, 15) is 26.4 Å². The summed E-state index contributed by atoms with van der Waals surface area (Å²) < 4.78 is 74.3. The molecule has 2 aromatic carbocycles. The third-order valence-electron chi connectivity index (χ3n) is 5.75. The van der Waals surface area contributed by atoms with Gasteiger partial charge >= 0.3 is 12.1 Å². The van der Waals surface area contributed by atoms with Gasteiger partial charge in [-0.25, -0.2) is 8.42 Å². The van der Waals surface area contributed by atoms with E-state index in [0.717, 1.165) is 15.9 Å². The van der Waals surface area contributed by atoms with Gasteiger partial charge in [0.2, 0.25) is 0 Å². The van der Waals surface area contributed by atoms with Crippen LogP contribution < -0.4 is 9.04 Å². The lowest BCUT2D eigenvalue weighted by Crippen LogP contribution is -2.43. The fourth-order valence-electron chi connectivity index (χ4n) is 3.96. The number of aliphatic carboxylic acids is 1. The summed E-state index contributed by atoms with van der Waals surface area (Å²) in [5, 5.41) is 9.06. The number of alkyl halides is 3. The molecule has 7 nitrogen and oxygen atoms in total. The van der Waals surface area contributed by atoms with Crippen LogP contribution in [0.4, 0.5) is 18.9 Å². The molecule has 0 amide bonds. The quantitative estimate of drug-likeness (QED) is 0.438. The molecule has 1 atom stereocenters. The average Bonchev–Trinajstić information content (AvgIpc) is 2.85. The Bertz CT molecular complexity index is 1450. The van der Waals surface area contributed by atoms with Gasteiger partial charge < -0.3 is 9.84 Å². The topological polar surface area (TPSA) is 96.8 Å². The van der Waals surface area contributed by atoms with Crippen molar-refractivity contribution in [3.63, 3.8) is 0 Å². The first kappa shape index (κ1) is 26.2. The Labute approximate surface area is 211 Å². The lowest BCUT2D eigenvalue weighted by atomic mass is 10.1. The third-order valence-corrected chi connectivity index (χ3v) is 7.53. The first-order chi connectivity index (χ1) is 17.4. The number of nitrogens with zero attached hydrogens (tertiary/aromatic N) is 2. The second-order valence-corrected chi connectivity index (χ2v) is 10.4. The Morgan fingerprint density at radius 2 is 1.95 bits per heavy atom. The number of halogens is 3. The zero-order valence-corrected chi connectivity index (χ0v) is 20.5. The van der Waals surface area contributed by atoms with Crippen molar-refractivity contribution in [3.8, 4) is 5.75 Å². The number of pyridine rings is 1. The minimum atomic E-state index is -4.58. The molecule has 0 saturated carbocycles. The number of anilines is 1. The summed E-state index contributed by atoms with van der Waals surface area (Å²) in [7, 11) is -4.06. The standard InChI is InChI=1S/C26H23F3N2O5S/c1-17-4-2-5-20(14-17)37(34,35)31-16-19(9-12-25(32)33)36-24-11-8-18(15-23(24)31)7-10-22-21(26(27,28)29)6-3-13-30-22/h2-8,10-11,13-15,19H,9,12,16H2,1H3,(H,32,33)/b10-7+/t19-/m0/s1. The Kier molecular flexibility index (Phi) is 7.26. The average molecular weight is 533 g/mol. The molecule has 0 aliphatic carbocycles. The third kappa shape index (κ3) is 5.93. The summed E-state index contributed by atoms with van der Waals surface area (Å²) in [6, 6.07) is 13.1. The van der Waals surface area contributed by atoms with Gasteiger partial charge in [-0.2, -0.15) is 13.2 Å². The number of fused-ring (bicyclic) bond motifs is 1. The van der Waals surface area contributed by atoms with Crippen molar-refractivity contribution in [1.29, 1.82) is 0 Å². The van der Waals surface area contributed by atoms with Gasteiger partial charge in [-0.15, -0.1) is 0 Å². The SMILES string of the molecule is Cc1cccc(S(=O)(=O)N2C[C@H](CCC(=O)O)Oc3ccc(/C=C/c4ncccc4C(F)(F)F)cc32)c1. The summed E-state index contributed by atoms with van der Waals surface area (Å²) in [6.45, 7) is 1.64. The molecule has 3 aromatic rings. The number of aryl methyl sites for hydroxylation is 1. The largest absolute Gasteiger partial charge is 0.486 e. The maximum atomic E-state index is 13.6. The van der Waals surface area contributed by atoms with Crippen molar-refractivity contribution < 1.29 is 36.2 Å². The van der Waals surface area contributed by atoms with Gasteiger partial charge in [-0.3, -0.25) is 14.1 Å². The van der Waals surface area contributed by atoms with Gasteiger partial charge in [0.15, 0.2) is 0 Å². The van der Waals surface area contributed by atoms with Crippen molar-refractivity contribution >= 4 is 33.8 Å². The van der Waals surface area contributed by atoms with Crippen molar-refractivity contribution in [2.75, 3.05) is 10.8 Å². The number of aromatic nitrogens is 1. The van der Waals surface area contributed by atoms with Crippen LogP contribution in [0.2, 0.25) is 0 Å². The van der Waals surface area contributed by atoms with Gasteiger partial charge in [-0.05, 0) is 66.9 Å². The fraction of sp³-hybridized carbons (Fsp3) is 0.231. The minimum Gasteiger partial charge on any atom is -0.486 e. The van der Waals surface area contributed by atoms with E-state index in [1.807, 2.05) is 0 Å². The van der Waals surface area contributed by atoms with E-state index in [4.69, 9.17) is 9.84 Å². The first-order valence-corrected chi connectivity index (χ1v) is 12.7. The molecule has 1 aliphatic rings. The van der Waals surface area contributed by atoms with Crippen LogP contribution in [0.25, 0.3) is 12.2 Å². The Hall–Kier alpha value is -3.86. The summed E-state index contributed by atoms with van der Waals surface area (Å²) in [5.74, 6) is -0.806. The number of sulfonamides is 1. The number of carbonyl (C=O) groups is 1. The highest BCUT2D eigenvalue weighted by atomic mass is 32.2. The molecular formula is C26H23F3N2O5S. The summed E-state index contributed by atoms with van der Waals surface area (Å²) in [5.41, 5.74) is 0.200. The lowest BCUT2D eigenvalue weighted by molar-refractivity contribution is -0.138. The molecule has 37 heavy (non-hydrogen) atoms. The van der Waals surface area contributed by atoms with Gasteiger partial charge in [-0.1, -0.05) is 24.3 Å². The Morgan fingerprint density at radius 3 is 2.65 bits per heavy atom. The fourth-order valence-corrected chi connectivity index (χ4v) is 5.57. The van der Waals surface area contributed by atoms with Crippen LogP contribution in [-0.4, -0.2) is 37.1 Å². The number of carboxylic acids is 1. The molecule has 0 radical (unpaired) electrons. The predicted molar refractivity (Wildman–Crippen MR) is 132 cm³/mol. The van der Waals surface area contributed by atoms with Crippen molar-refractivity contribution in [3.05, 3.63) is 83.2 Å². The first-order valence-electron chi connectivity index (χ1n) is 11.3. The van der Waals surface area contributed by atoms with Crippen LogP contribution in [0.5, 0.6) is 5.75 Å². The predicted octanol–water partition coefficient (Wildman–Crippen LogP) is 5.40. The number of ether oxygens (including phenoxy) is 1. The molecule has 1 N–H and O–H groups in total. The highest BCUT2D eigenvalue weighted by Crippen LogP contribution is 2.39. The molecule has 11 heteroatoms. The molecule has 194 valence electrons. The molecular weight excluding hydrogens is 509 g/mol. The van der Waals surface area contributed by atoms with E-state index < -0.39 is 33.8 Å². The number of hydrogen-bond acceptors (Lipinski definition) is 5. The van der Waals surface area contributed by atoms with Gasteiger partial charge in [0.25, 0.3) is 10.0 Å². The molecule has 0 fully saturated rings. The van der Waals surface area contributed by atoms with Crippen LogP contribution in [0, 0.1) is 6.92 Å². The molecule has 1 aliphatic heterocycles. The van der Waals surface area contributed by atoms with Crippen molar-refractivity contribution in [2.45, 2.75) is 36.9 Å². The number of rotatable bonds is 7. The molecule has 0 bridgehead atoms. The maximum Gasteiger partial charge on any atom is 0.418 e. The Balaban J connectivity index is 1.74. The molecule has 2 heterocycles. The molecule has 0 spiro atoms. The van der Waals surface area contributed by atoms with Crippen LogP contribution in [0.15, 0.2) is 65.7 Å². The number of carboxylic acid groups (broad SMARTS) is 1. The van der Waals surface area contributed by atoms with Gasteiger partial charge in [0.05, 0.1) is 28.4 Å². The second kappa shape index (κ2) is 10.3. The van der Waals surface area contributed by atoms with E-state index in [1.165, 1.54) is 48.7 Å². The molecule has 4 rings (SSSR count). The number of hydrogen-bond donors (Lipinski definition) is 1. The van der Waals surface area contributed by atoms with Crippen molar-refractivity contribution in [2.24, 2.45) is 0 Å². The van der Waals surface area contributed by atoms with Gasteiger partial charge in [0.1, 0.15) is 11.9 Å². The van der Waals surface area contributed by atoms with E-state index in [-0.39, 0.29) is 41.4 Å². The normalized spacial score (nSPS) is 15.9. The smallest absolute Gasteiger partial charge is 0.418 e. The zero-order valence-electron chi connectivity index (χ0n) is 19.6. The van der Waals surface area contributed by atoms with E-state index in [2.05, 4.69) is 4.98 Å². The zero-order chi connectivity index (χ0) is 26.8. The monoisotopic (exact) mass is 532 g/mol. The molecule has 1 aromatic heterocycles. The molecule has 0 unspecified atom stereocenters. The van der Waals surface area contributed by atoms with Crippen LogP contribution in [0.3, 0.4) is 0 Å². The maximum absolute atomic E-state index is 13.6.